The number of β-amino-alcohol motifs (C(OH)–C–C–N with tert-alkyl or cyclic N) is 1. The van der Waals surface area contributed by atoms with Gasteiger partial charge in [0.15, 0.2) is 0 Å². The first-order chi connectivity index (χ1) is 19.3. The molecule has 1 saturated heterocycles. The summed E-state index contributed by atoms with van der Waals surface area (Å²) < 4.78 is 11.6. The molecule has 1 aliphatic heterocycles. The maximum absolute atomic E-state index is 13.6. The number of amides is 2. The fourth-order valence-electron chi connectivity index (χ4n) is 5.52. The van der Waals surface area contributed by atoms with Gasteiger partial charge in [0.1, 0.15) is 18.7 Å². The molecule has 3 aromatic carbocycles. The molecule has 40 heavy (non-hydrogen) atoms. The Morgan fingerprint density at radius 2 is 1.55 bits per heavy atom. The smallest absolute Gasteiger partial charge is 0.407 e. The third kappa shape index (κ3) is 5.71. The Morgan fingerprint density at radius 1 is 0.950 bits per heavy atom. The average Bonchev–Trinajstić information content (AvgIpc) is 3.52. The number of alkyl carbamates (subject to hydrolysis) is 1. The van der Waals surface area contributed by atoms with Crippen molar-refractivity contribution >= 4 is 18.0 Å². The Balaban J connectivity index is 1.31. The zero-order valence-corrected chi connectivity index (χ0v) is 22.1. The normalized spacial score (nSPS) is 19.4. The molecule has 0 saturated carbocycles. The van der Waals surface area contributed by atoms with E-state index in [-0.39, 0.29) is 32.1 Å². The standard InChI is InChI=1S/C31H32N2O7/c1-19(39-17-20-9-3-2-4-10-20)28(29(35)33-16-21(34)15-27(33)30(36)37)32-31(38)40-18-26-24-13-7-5-11-22(24)23-12-6-8-14-25(23)26/h2-14,19,21,26-28,34H,15-18H2,1H3,(H,32,38)(H,36,37)/t19-,21+,27+,28+/m0/s1. The molecule has 0 bridgehead atoms. The minimum absolute atomic E-state index is 0.0558. The monoisotopic (exact) mass is 544 g/mol. The summed E-state index contributed by atoms with van der Waals surface area (Å²) in [6.07, 6.45) is -2.69. The molecule has 1 aliphatic carbocycles. The molecule has 208 valence electrons. The highest BCUT2D eigenvalue weighted by atomic mass is 16.5. The van der Waals surface area contributed by atoms with Crippen LogP contribution in [0, 0.1) is 0 Å². The Bertz CT molecular complexity index is 1330. The lowest BCUT2D eigenvalue weighted by Gasteiger charge is -2.30. The van der Waals surface area contributed by atoms with Crippen molar-refractivity contribution in [2.45, 2.75) is 50.2 Å². The number of aliphatic hydroxyl groups excluding tert-OH is 1. The molecular weight excluding hydrogens is 512 g/mol. The van der Waals surface area contributed by atoms with Gasteiger partial charge in [0, 0.05) is 18.9 Å². The third-order valence-electron chi connectivity index (χ3n) is 7.56. The number of ether oxygens (including phenoxy) is 2. The molecule has 5 rings (SSSR count). The summed E-state index contributed by atoms with van der Waals surface area (Å²) in [6, 6.07) is 22.9. The lowest BCUT2D eigenvalue weighted by Crippen LogP contribution is -2.56. The first kappa shape index (κ1) is 27.4. The van der Waals surface area contributed by atoms with Gasteiger partial charge in [-0.25, -0.2) is 9.59 Å². The molecule has 3 aromatic rings. The number of rotatable bonds is 9. The maximum atomic E-state index is 13.6. The summed E-state index contributed by atoms with van der Waals surface area (Å²) >= 11 is 0. The SMILES string of the molecule is C[C@H](OCc1ccccc1)[C@@H](NC(=O)OCC1c2ccccc2-c2ccccc21)C(=O)N1C[C@H](O)C[C@@H]1C(=O)O. The Kier molecular flexibility index (Phi) is 8.14. The fourth-order valence-corrected chi connectivity index (χ4v) is 5.52. The number of aliphatic carboxylic acids is 1. The molecule has 2 amide bonds. The van der Waals surface area contributed by atoms with Crippen molar-refractivity contribution in [3.63, 3.8) is 0 Å². The zero-order valence-electron chi connectivity index (χ0n) is 22.1. The van der Waals surface area contributed by atoms with Crippen LogP contribution in [0.5, 0.6) is 0 Å². The Hall–Kier alpha value is -4.21. The van der Waals surface area contributed by atoms with Crippen LogP contribution < -0.4 is 5.32 Å². The van der Waals surface area contributed by atoms with E-state index in [0.717, 1.165) is 32.7 Å². The van der Waals surface area contributed by atoms with E-state index < -0.39 is 42.3 Å². The third-order valence-corrected chi connectivity index (χ3v) is 7.56. The van der Waals surface area contributed by atoms with Crippen LogP contribution in [0.1, 0.15) is 36.0 Å². The van der Waals surface area contributed by atoms with Crippen molar-refractivity contribution in [1.29, 1.82) is 0 Å². The number of carbonyl (C=O) groups excluding carboxylic acids is 2. The van der Waals surface area contributed by atoms with Gasteiger partial charge in [-0.15, -0.1) is 0 Å². The molecule has 0 unspecified atom stereocenters. The number of hydrogen-bond donors (Lipinski definition) is 3. The van der Waals surface area contributed by atoms with E-state index in [2.05, 4.69) is 5.32 Å². The summed E-state index contributed by atoms with van der Waals surface area (Å²) in [4.78, 5) is 39.5. The van der Waals surface area contributed by atoms with Gasteiger partial charge in [0.2, 0.25) is 5.91 Å². The predicted octanol–water partition coefficient (Wildman–Crippen LogP) is 3.55. The van der Waals surface area contributed by atoms with E-state index in [1.165, 1.54) is 0 Å². The second-order valence-corrected chi connectivity index (χ2v) is 10.2. The van der Waals surface area contributed by atoms with Gasteiger partial charge in [-0.3, -0.25) is 4.79 Å². The van der Waals surface area contributed by atoms with Crippen LogP contribution in [0.25, 0.3) is 11.1 Å². The maximum Gasteiger partial charge on any atom is 0.407 e. The molecule has 4 atom stereocenters. The average molecular weight is 545 g/mol. The van der Waals surface area contributed by atoms with E-state index in [0.29, 0.717) is 0 Å². The highest BCUT2D eigenvalue weighted by Crippen LogP contribution is 2.44. The molecule has 2 aliphatic rings. The molecule has 9 nitrogen and oxygen atoms in total. The van der Waals surface area contributed by atoms with Crippen LogP contribution >= 0.6 is 0 Å². The van der Waals surface area contributed by atoms with Crippen molar-refractivity contribution in [2.24, 2.45) is 0 Å². The van der Waals surface area contributed by atoms with Gasteiger partial charge in [0.25, 0.3) is 0 Å². The van der Waals surface area contributed by atoms with Gasteiger partial charge in [-0.2, -0.15) is 0 Å². The Morgan fingerprint density at radius 3 is 2.17 bits per heavy atom. The molecule has 1 heterocycles. The fraction of sp³-hybridized carbons (Fsp3) is 0.323. The van der Waals surface area contributed by atoms with Crippen LogP contribution in [0.3, 0.4) is 0 Å². The number of carboxylic acids is 1. The molecule has 1 fully saturated rings. The van der Waals surface area contributed by atoms with Crippen molar-refractivity contribution in [1.82, 2.24) is 10.2 Å². The van der Waals surface area contributed by atoms with Crippen LogP contribution in [-0.2, 0) is 25.7 Å². The van der Waals surface area contributed by atoms with Crippen LogP contribution in [0.15, 0.2) is 78.9 Å². The minimum atomic E-state index is -1.23. The van der Waals surface area contributed by atoms with E-state index in [1.54, 1.807) is 6.92 Å². The number of nitrogens with zero attached hydrogens (tertiary/aromatic N) is 1. The highest BCUT2D eigenvalue weighted by molar-refractivity contribution is 5.90. The molecule has 3 N–H and O–H groups in total. The van der Waals surface area contributed by atoms with Crippen LogP contribution in [0.2, 0.25) is 0 Å². The second-order valence-electron chi connectivity index (χ2n) is 10.2. The van der Waals surface area contributed by atoms with Crippen LogP contribution in [-0.4, -0.2) is 70.5 Å². The van der Waals surface area contributed by atoms with Crippen molar-refractivity contribution in [2.75, 3.05) is 13.2 Å². The summed E-state index contributed by atoms with van der Waals surface area (Å²) in [6.45, 7) is 1.73. The molecule has 0 spiro atoms. The molecular formula is C31H32N2O7. The number of carboxylic acid groups (broad SMARTS) is 1. The summed E-state index contributed by atoms with van der Waals surface area (Å²) in [7, 11) is 0. The van der Waals surface area contributed by atoms with Gasteiger partial charge in [-0.1, -0.05) is 78.9 Å². The lowest BCUT2D eigenvalue weighted by molar-refractivity contribution is -0.150. The van der Waals surface area contributed by atoms with Crippen LogP contribution in [0.4, 0.5) is 4.79 Å². The minimum Gasteiger partial charge on any atom is -0.480 e. The van der Waals surface area contributed by atoms with Gasteiger partial charge >= 0.3 is 12.1 Å². The van der Waals surface area contributed by atoms with E-state index >= 15 is 0 Å². The number of benzene rings is 3. The second kappa shape index (κ2) is 11.9. The zero-order chi connectivity index (χ0) is 28.2. The van der Waals surface area contributed by atoms with Gasteiger partial charge < -0.3 is 29.9 Å². The number of likely N-dealkylation sites (tertiary alicyclic amines) is 1. The van der Waals surface area contributed by atoms with E-state index in [1.807, 2.05) is 78.9 Å². The van der Waals surface area contributed by atoms with E-state index in [4.69, 9.17) is 9.47 Å². The molecule has 9 heteroatoms. The van der Waals surface area contributed by atoms with Crippen molar-refractivity contribution < 1.29 is 34.1 Å². The van der Waals surface area contributed by atoms with Crippen molar-refractivity contribution in [3.05, 3.63) is 95.6 Å². The predicted molar refractivity (Wildman–Crippen MR) is 146 cm³/mol. The topological polar surface area (TPSA) is 125 Å². The lowest BCUT2D eigenvalue weighted by atomic mass is 9.98. The first-order valence-electron chi connectivity index (χ1n) is 13.3. The number of carbonyl (C=O) groups is 3. The number of aliphatic hydroxyl groups is 1. The molecule has 0 radical (unpaired) electrons. The van der Waals surface area contributed by atoms with Gasteiger partial charge in [-0.05, 0) is 34.7 Å². The quantitative estimate of drug-likeness (QED) is 0.376. The van der Waals surface area contributed by atoms with E-state index in [9.17, 15) is 24.6 Å². The number of hydrogen-bond acceptors (Lipinski definition) is 6. The largest absolute Gasteiger partial charge is 0.480 e. The number of fused-ring (bicyclic) bond motifs is 3. The highest BCUT2D eigenvalue weighted by Gasteiger charge is 2.43. The summed E-state index contributed by atoms with van der Waals surface area (Å²) in [5.41, 5.74) is 5.17. The summed E-state index contributed by atoms with van der Waals surface area (Å²) in [5, 5.41) is 22.3. The molecule has 0 aromatic heterocycles. The van der Waals surface area contributed by atoms with Crippen molar-refractivity contribution in [3.8, 4) is 11.1 Å². The summed E-state index contributed by atoms with van der Waals surface area (Å²) in [5.74, 6) is -2.04. The Labute approximate surface area is 232 Å². The first-order valence-corrected chi connectivity index (χ1v) is 13.3. The van der Waals surface area contributed by atoms with Gasteiger partial charge in [0.05, 0.1) is 18.8 Å². The number of nitrogens with one attached hydrogen (secondary N) is 1.